The maximum absolute atomic E-state index is 12.1. The minimum Gasteiger partial charge on any atom is -0.471 e. The number of aromatic nitrogens is 1. The number of nitrogens with zero attached hydrogens (tertiary/aromatic N) is 2. The molecule has 1 aliphatic heterocycles. The number of likely N-dealkylation sites (tertiary alicyclic amines) is 1. The summed E-state index contributed by atoms with van der Waals surface area (Å²) >= 11 is 5.77. The maximum atomic E-state index is 12.1. The van der Waals surface area contributed by atoms with E-state index in [1.165, 1.54) is 25.7 Å². The Hall–Kier alpha value is -1.29. The van der Waals surface area contributed by atoms with Crippen LogP contribution < -0.4 is 4.74 Å². The molecule has 2 fully saturated rings. The molecule has 1 aromatic heterocycles. The Morgan fingerprint density at radius 3 is 2.75 bits per heavy atom. The quantitative estimate of drug-likeness (QED) is 0.857. The van der Waals surface area contributed by atoms with Crippen molar-refractivity contribution in [1.29, 1.82) is 0 Å². The zero-order valence-corrected chi connectivity index (χ0v) is 12.2. The van der Waals surface area contributed by atoms with Gasteiger partial charge in [0.25, 0.3) is 0 Å². The van der Waals surface area contributed by atoms with Crippen molar-refractivity contribution < 1.29 is 9.53 Å². The first-order valence-electron chi connectivity index (χ1n) is 7.26. The fourth-order valence-electron chi connectivity index (χ4n) is 2.91. The minimum absolute atomic E-state index is 0.0659. The van der Waals surface area contributed by atoms with Gasteiger partial charge in [0.15, 0.2) is 0 Å². The van der Waals surface area contributed by atoms with Crippen LogP contribution in [-0.4, -0.2) is 35.0 Å². The number of carbonyl (C=O) groups is 1. The minimum atomic E-state index is 0.0659. The molecule has 1 saturated heterocycles. The number of hydrogen-bond acceptors (Lipinski definition) is 3. The van der Waals surface area contributed by atoms with Gasteiger partial charge in [0.2, 0.25) is 11.8 Å². The number of carbonyl (C=O) groups excluding carboxylic acids is 1. The van der Waals surface area contributed by atoms with Crippen molar-refractivity contribution in [3.05, 3.63) is 23.4 Å². The molecular formula is C15H19ClN2O2. The molecule has 4 nitrogen and oxygen atoms in total. The predicted octanol–water partition coefficient (Wildman–Crippen LogP) is 2.90. The highest BCUT2D eigenvalue weighted by Crippen LogP contribution is 2.29. The molecule has 5 heteroatoms. The third kappa shape index (κ3) is 3.23. The van der Waals surface area contributed by atoms with Gasteiger partial charge in [0.1, 0.15) is 6.10 Å². The molecule has 2 aliphatic rings. The van der Waals surface area contributed by atoms with E-state index in [0.717, 1.165) is 0 Å². The number of hydrogen-bond donors (Lipinski definition) is 0. The molecule has 20 heavy (non-hydrogen) atoms. The summed E-state index contributed by atoms with van der Waals surface area (Å²) in [6.07, 6.45) is 7.35. The number of rotatable bonds is 4. The van der Waals surface area contributed by atoms with Gasteiger partial charge < -0.3 is 9.64 Å². The maximum Gasteiger partial charge on any atom is 0.223 e. The van der Waals surface area contributed by atoms with Crippen LogP contribution in [0.3, 0.4) is 0 Å². The molecule has 0 spiro atoms. The summed E-state index contributed by atoms with van der Waals surface area (Å²) in [5.41, 5.74) is 0. The molecule has 3 rings (SSSR count). The molecule has 0 N–H and O–H groups in total. The molecule has 0 aromatic carbocycles. The molecule has 0 atom stereocenters. The van der Waals surface area contributed by atoms with Crippen molar-refractivity contribution >= 4 is 17.5 Å². The first kappa shape index (κ1) is 13.7. The first-order chi connectivity index (χ1) is 9.70. The van der Waals surface area contributed by atoms with Crippen LogP contribution in [0, 0.1) is 5.92 Å². The summed E-state index contributed by atoms with van der Waals surface area (Å²) in [6, 6.07) is 3.51. The van der Waals surface area contributed by atoms with Crippen molar-refractivity contribution in [2.24, 2.45) is 5.92 Å². The Labute approximate surface area is 124 Å². The fraction of sp³-hybridized carbons (Fsp3) is 0.600. The third-order valence-corrected chi connectivity index (χ3v) is 4.35. The number of pyridine rings is 1. The lowest BCUT2D eigenvalue weighted by Gasteiger charge is -2.39. The fourth-order valence-corrected chi connectivity index (χ4v) is 3.02. The Kier molecular flexibility index (Phi) is 4.10. The largest absolute Gasteiger partial charge is 0.471 e. The predicted molar refractivity (Wildman–Crippen MR) is 76.8 cm³/mol. The Morgan fingerprint density at radius 2 is 2.10 bits per heavy atom. The van der Waals surface area contributed by atoms with E-state index in [9.17, 15) is 4.79 Å². The normalized spacial score (nSPS) is 19.9. The van der Waals surface area contributed by atoms with E-state index in [1.54, 1.807) is 18.3 Å². The summed E-state index contributed by atoms with van der Waals surface area (Å²) in [5.74, 6) is 1.46. The number of amides is 1. The van der Waals surface area contributed by atoms with E-state index < -0.39 is 0 Å². The molecule has 1 aromatic rings. The summed E-state index contributed by atoms with van der Waals surface area (Å²) in [6.45, 7) is 1.35. The van der Waals surface area contributed by atoms with Crippen LogP contribution in [-0.2, 0) is 4.79 Å². The van der Waals surface area contributed by atoms with Crippen LogP contribution in [0.4, 0.5) is 0 Å². The summed E-state index contributed by atoms with van der Waals surface area (Å²) in [5, 5.41) is 0.597. The van der Waals surface area contributed by atoms with Crippen molar-refractivity contribution in [2.75, 3.05) is 13.1 Å². The second-order valence-electron chi connectivity index (χ2n) is 5.71. The van der Waals surface area contributed by atoms with Gasteiger partial charge in [0, 0.05) is 18.7 Å². The number of halogens is 1. The second-order valence-corrected chi connectivity index (χ2v) is 6.14. The van der Waals surface area contributed by atoms with Gasteiger partial charge in [-0.15, -0.1) is 0 Å². The molecule has 0 unspecified atom stereocenters. The topological polar surface area (TPSA) is 42.4 Å². The molecule has 1 amide bonds. The van der Waals surface area contributed by atoms with Gasteiger partial charge in [-0.1, -0.05) is 24.4 Å². The average molecular weight is 295 g/mol. The van der Waals surface area contributed by atoms with E-state index in [0.29, 0.717) is 36.3 Å². The second kappa shape index (κ2) is 6.00. The lowest BCUT2D eigenvalue weighted by Crippen LogP contribution is -2.56. The van der Waals surface area contributed by atoms with Gasteiger partial charge in [-0.3, -0.25) is 4.79 Å². The molecule has 0 bridgehead atoms. The molecule has 0 radical (unpaired) electrons. The van der Waals surface area contributed by atoms with Crippen LogP contribution in [0.1, 0.15) is 32.1 Å². The lowest BCUT2D eigenvalue weighted by atomic mass is 10.0. The van der Waals surface area contributed by atoms with Gasteiger partial charge in [-0.25, -0.2) is 4.98 Å². The summed E-state index contributed by atoms with van der Waals surface area (Å²) in [7, 11) is 0. The Bertz CT molecular complexity index is 465. The van der Waals surface area contributed by atoms with E-state index in [2.05, 4.69) is 4.98 Å². The summed E-state index contributed by atoms with van der Waals surface area (Å²) in [4.78, 5) is 18.0. The zero-order valence-electron chi connectivity index (χ0n) is 11.4. The third-order valence-electron chi connectivity index (χ3n) is 4.13. The Balaban J connectivity index is 1.41. The number of ether oxygens (including phenoxy) is 1. The molecule has 2 heterocycles. The average Bonchev–Trinajstić information content (AvgIpc) is 2.88. The van der Waals surface area contributed by atoms with Gasteiger partial charge in [-0.05, 0) is 24.8 Å². The smallest absolute Gasteiger partial charge is 0.223 e. The van der Waals surface area contributed by atoms with Crippen LogP contribution in [0.2, 0.25) is 5.02 Å². The van der Waals surface area contributed by atoms with Crippen molar-refractivity contribution in [1.82, 2.24) is 9.88 Å². The highest BCUT2D eigenvalue weighted by Gasteiger charge is 2.33. The van der Waals surface area contributed by atoms with Crippen LogP contribution in [0.15, 0.2) is 18.3 Å². The highest BCUT2D eigenvalue weighted by atomic mass is 35.5. The van der Waals surface area contributed by atoms with Gasteiger partial charge in [0.05, 0.1) is 18.1 Å². The SMILES string of the molecule is O=C(CC1CCCC1)N1CC(Oc2ccc(Cl)cn2)C1. The van der Waals surface area contributed by atoms with E-state index in [-0.39, 0.29) is 12.0 Å². The standard InChI is InChI=1S/C15H19ClN2O2/c16-12-5-6-14(17-8-12)20-13-9-18(10-13)15(19)7-11-3-1-2-4-11/h5-6,8,11,13H,1-4,7,9-10H2. The van der Waals surface area contributed by atoms with Crippen LogP contribution in [0.25, 0.3) is 0 Å². The highest BCUT2D eigenvalue weighted by molar-refractivity contribution is 6.30. The molecule has 1 saturated carbocycles. The van der Waals surface area contributed by atoms with Gasteiger partial charge in [-0.2, -0.15) is 0 Å². The molecule has 108 valence electrons. The lowest BCUT2D eigenvalue weighted by molar-refractivity contribution is -0.141. The van der Waals surface area contributed by atoms with E-state index in [4.69, 9.17) is 16.3 Å². The van der Waals surface area contributed by atoms with E-state index >= 15 is 0 Å². The van der Waals surface area contributed by atoms with Crippen molar-refractivity contribution in [3.8, 4) is 5.88 Å². The zero-order chi connectivity index (χ0) is 13.9. The molecular weight excluding hydrogens is 276 g/mol. The van der Waals surface area contributed by atoms with Crippen molar-refractivity contribution in [3.63, 3.8) is 0 Å². The van der Waals surface area contributed by atoms with E-state index in [1.807, 2.05) is 4.90 Å². The summed E-state index contributed by atoms with van der Waals surface area (Å²) < 4.78 is 5.69. The molecule has 1 aliphatic carbocycles. The van der Waals surface area contributed by atoms with Crippen molar-refractivity contribution in [2.45, 2.75) is 38.2 Å². The van der Waals surface area contributed by atoms with Gasteiger partial charge >= 0.3 is 0 Å². The Morgan fingerprint density at radius 1 is 1.35 bits per heavy atom. The van der Waals surface area contributed by atoms with Crippen LogP contribution >= 0.6 is 11.6 Å². The van der Waals surface area contributed by atoms with Crippen LogP contribution in [0.5, 0.6) is 5.88 Å². The first-order valence-corrected chi connectivity index (χ1v) is 7.64. The monoisotopic (exact) mass is 294 g/mol.